The van der Waals surface area contributed by atoms with E-state index >= 15 is 0 Å². The molecule has 0 atom stereocenters. The van der Waals surface area contributed by atoms with Crippen molar-refractivity contribution in [2.45, 2.75) is 6.18 Å². The van der Waals surface area contributed by atoms with Crippen LogP contribution in [0.4, 0.5) is 18.9 Å². The summed E-state index contributed by atoms with van der Waals surface area (Å²) in [5.74, 6) is -2.42. The molecule has 0 aliphatic carbocycles. The SMILES string of the molecule is O=C(COC(=O)CNC(=O)c1cccs1)Nc1c(Cl)cccc1C(F)(F)F. The van der Waals surface area contributed by atoms with Crippen LogP contribution in [0.1, 0.15) is 15.2 Å². The molecule has 0 radical (unpaired) electrons. The van der Waals surface area contributed by atoms with Crippen molar-refractivity contribution in [3.8, 4) is 0 Å². The molecule has 1 aromatic heterocycles. The van der Waals surface area contributed by atoms with Gasteiger partial charge in [-0.25, -0.2) is 0 Å². The van der Waals surface area contributed by atoms with Gasteiger partial charge in [-0.15, -0.1) is 11.3 Å². The molecule has 2 N–H and O–H groups in total. The van der Waals surface area contributed by atoms with E-state index in [1.165, 1.54) is 17.4 Å². The Labute approximate surface area is 160 Å². The zero-order valence-electron chi connectivity index (χ0n) is 13.4. The van der Waals surface area contributed by atoms with E-state index in [4.69, 9.17) is 11.6 Å². The average Bonchev–Trinajstić information content (AvgIpc) is 3.13. The molecule has 6 nitrogen and oxygen atoms in total. The van der Waals surface area contributed by atoms with Crippen molar-refractivity contribution < 1.29 is 32.3 Å². The van der Waals surface area contributed by atoms with Crippen LogP contribution in [0.5, 0.6) is 0 Å². The lowest BCUT2D eigenvalue weighted by atomic mass is 10.1. The van der Waals surface area contributed by atoms with Crippen LogP contribution in [-0.2, 0) is 20.5 Å². The smallest absolute Gasteiger partial charge is 0.418 e. The van der Waals surface area contributed by atoms with Gasteiger partial charge in [0.1, 0.15) is 6.54 Å². The third-order valence-electron chi connectivity index (χ3n) is 3.09. The molecule has 1 aromatic carbocycles. The van der Waals surface area contributed by atoms with E-state index in [1.807, 2.05) is 5.32 Å². The first-order valence-electron chi connectivity index (χ1n) is 7.31. The van der Waals surface area contributed by atoms with Crippen molar-refractivity contribution in [1.29, 1.82) is 0 Å². The number of carbonyl (C=O) groups excluding carboxylic acids is 3. The predicted octanol–water partition coefficient (Wildman–Crippen LogP) is 3.33. The van der Waals surface area contributed by atoms with E-state index in [-0.39, 0.29) is 5.02 Å². The number of nitrogens with one attached hydrogen (secondary N) is 2. The minimum atomic E-state index is -4.73. The zero-order chi connectivity index (χ0) is 20.0. The van der Waals surface area contributed by atoms with E-state index < -0.39 is 48.4 Å². The molecule has 0 saturated carbocycles. The maximum absolute atomic E-state index is 13.0. The summed E-state index contributed by atoms with van der Waals surface area (Å²) in [5, 5.41) is 5.64. The van der Waals surface area contributed by atoms with Gasteiger partial charge in [0.05, 0.1) is 21.2 Å². The van der Waals surface area contributed by atoms with Gasteiger partial charge in [-0.05, 0) is 23.6 Å². The molecule has 27 heavy (non-hydrogen) atoms. The molecule has 2 amide bonds. The number of para-hydroxylation sites is 1. The molecular weight excluding hydrogens is 409 g/mol. The number of halogens is 4. The summed E-state index contributed by atoms with van der Waals surface area (Å²) in [6.07, 6.45) is -4.73. The fourth-order valence-corrected chi connectivity index (χ4v) is 2.77. The molecule has 1 heterocycles. The molecule has 2 aromatic rings. The Morgan fingerprint density at radius 3 is 2.52 bits per heavy atom. The lowest BCUT2D eigenvalue weighted by Crippen LogP contribution is -2.32. The quantitative estimate of drug-likeness (QED) is 0.702. The van der Waals surface area contributed by atoms with Gasteiger partial charge in [-0.1, -0.05) is 23.7 Å². The largest absolute Gasteiger partial charge is 0.454 e. The highest BCUT2D eigenvalue weighted by molar-refractivity contribution is 7.12. The second-order valence-corrected chi connectivity index (χ2v) is 6.38. The maximum Gasteiger partial charge on any atom is 0.418 e. The summed E-state index contributed by atoms with van der Waals surface area (Å²) >= 11 is 6.88. The molecule has 0 aliphatic heterocycles. The highest BCUT2D eigenvalue weighted by Crippen LogP contribution is 2.38. The summed E-state index contributed by atoms with van der Waals surface area (Å²) in [6.45, 7) is -1.33. The lowest BCUT2D eigenvalue weighted by molar-refractivity contribution is -0.146. The van der Waals surface area contributed by atoms with Crippen molar-refractivity contribution in [2.75, 3.05) is 18.5 Å². The predicted molar refractivity (Wildman–Crippen MR) is 92.7 cm³/mol. The van der Waals surface area contributed by atoms with Crippen molar-refractivity contribution >= 4 is 46.4 Å². The number of ether oxygens (including phenoxy) is 1. The number of rotatable bonds is 6. The number of hydrogen-bond donors (Lipinski definition) is 2. The minimum Gasteiger partial charge on any atom is -0.454 e. The molecule has 0 saturated heterocycles. The zero-order valence-corrected chi connectivity index (χ0v) is 15.0. The summed E-state index contributed by atoms with van der Waals surface area (Å²) in [5.41, 5.74) is -1.75. The van der Waals surface area contributed by atoms with Crippen LogP contribution in [0.2, 0.25) is 5.02 Å². The molecule has 0 unspecified atom stereocenters. The minimum absolute atomic E-state index is 0.312. The Bertz CT molecular complexity index is 841. The Morgan fingerprint density at radius 2 is 1.89 bits per heavy atom. The third kappa shape index (κ3) is 5.97. The summed E-state index contributed by atoms with van der Waals surface area (Å²) in [7, 11) is 0. The van der Waals surface area contributed by atoms with E-state index in [9.17, 15) is 27.6 Å². The number of alkyl halides is 3. The summed E-state index contributed by atoms with van der Waals surface area (Å²) in [4.78, 5) is 35.4. The van der Waals surface area contributed by atoms with Gasteiger partial charge in [0.15, 0.2) is 6.61 Å². The van der Waals surface area contributed by atoms with Gasteiger partial charge in [0.25, 0.3) is 11.8 Å². The highest BCUT2D eigenvalue weighted by Gasteiger charge is 2.34. The van der Waals surface area contributed by atoms with E-state index in [2.05, 4.69) is 10.1 Å². The van der Waals surface area contributed by atoms with Gasteiger partial charge in [-0.2, -0.15) is 13.2 Å². The van der Waals surface area contributed by atoms with Crippen LogP contribution >= 0.6 is 22.9 Å². The number of esters is 1. The molecule has 2 rings (SSSR count). The van der Waals surface area contributed by atoms with Gasteiger partial charge >= 0.3 is 12.1 Å². The van der Waals surface area contributed by atoms with Crippen molar-refractivity contribution in [3.63, 3.8) is 0 Å². The Kier molecular flexibility index (Phi) is 6.81. The normalized spacial score (nSPS) is 11.0. The van der Waals surface area contributed by atoms with Crippen LogP contribution in [0.25, 0.3) is 0 Å². The molecule has 0 aliphatic rings. The molecule has 0 spiro atoms. The monoisotopic (exact) mass is 420 g/mol. The second-order valence-electron chi connectivity index (χ2n) is 5.03. The molecule has 0 fully saturated rings. The summed E-state index contributed by atoms with van der Waals surface area (Å²) in [6, 6.07) is 6.25. The fourth-order valence-electron chi connectivity index (χ4n) is 1.91. The third-order valence-corrected chi connectivity index (χ3v) is 4.27. The van der Waals surface area contributed by atoms with Gasteiger partial charge in [0, 0.05) is 0 Å². The first kappa shape index (κ1) is 20.7. The van der Waals surface area contributed by atoms with Gasteiger partial charge in [0.2, 0.25) is 0 Å². The lowest BCUT2D eigenvalue weighted by Gasteiger charge is -2.15. The number of thiophene rings is 1. The number of carbonyl (C=O) groups is 3. The number of hydrogen-bond acceptors (Lipinski definition) is 5. The highest BCUT2D eigenvalue weighted by atomic mass is 35.5. The molecule has 144 valence electrons. The van der Waals surface area contributed by atoms with Gasteiger partial charge in [-0.3, -0.25) is 14.4 Å². The molecule has 0 bridgehead atoms. The first-order valence-corrected chi connectivity index (χ1v) is 8.57. The maximum atomic E-state index is 13.0. The number of benzene rings is 1. The average molecular weight is 421 g/mol. The van der Waals surface area contributed by atoms with Crippen LogP contribution in [-0.4, -0.2) is 30.9 Å². The van der Waals surface area contributed by atoms with Crippen LogP contribution < -0.4 is 10.6 Å². The Morgan fingerprint density at radius 1 is 1.15 bits per heavy atom. The van der Waals surface area contributed by atoms with E-state index in [0.717, 1.165) is 12.1 Å². The Hall–Kier alpha value is -2.59. The number of amides is 2. The number of anilines is 1. The summed E-state index contributed by atoms with van der Waals surface area (Å²) < 4.78 is 43.5. The molecule has 11 heteroatoms. The van der Waals surface area contributed by atoms with E-state index in [1.54, 1.807) is 17.5 Å². The van der Waals surface area contributed by atoms with Crippen molar-refractivity contribution in [3.05, 3.63) is 51.2 Å². The first-order chi connectivity index (χ1) is 12.7. The van der Waals surface area contributed by atoms with Crippen LogP contribution in [0.3, 0.4) is 0 Å². The fraction of sp³-hybridized carbons (Fsp3) is 0.188. The van der Waals surface area contributed by atoms with Crippen molar-refractivity contribution in [1.82, 2.24) is 5.32 Å². The van der Waals surface area contributed by atoms with Crippen LogP contribution in [0, 0.1) is 0 Å². The van der Waals surface area contributed by atoms with Crippen molar-refractivity contribution in [2.24, 2.45) is 0 Å². The van der Waals surface area contributed by atoms with E-state index in [0.29, 0.717) is 4.88 Å². The molecular formula is C16H12ClF3N2O4S. The topological polar surface area (TPSA) is 84.5 Å². The standard InChI is InChI=1S/C16H12ClF3N2O4S/c17-10-4-1-3-9(16(18,19)20)14(10)22-12(23)8-26-13(24)7-21-15(25)11-5-2-6-27-11/h1-6H,7-8H2,(H,21,25)(H,22,23). The van der Waals surface area contributed by atoms with Crippen LogP contribution in [0.15, 0.2) is 35.7 Å². The Balaban J connectivity index is 1.86. The second kappa shape index (κ2) is 8.87. The van der Waals surface area contributed by atoms with Gasteiger partial charge < -0.3 is 15.4 Å².